The molecule has 1 aromatic rings. The molecule has 0 unspecified atom stereocenters. The molecule has 0 fully saturated rings. The second-order valence-corrected chi connectivity index (χ2v) is 2.98. The van der Waals surface area contributed by atoms with Gasteiger partial charge in [-0.2, -0.15) is 0 Å². The first-order valence-electron chi connectivity index (χ1n) is 4.61. The summed E-state index contributed by atoms with van der Waals surface area (Å²) < 4.78 is 4.95. The van der Waals surface area contributed by atoms with Gasteiger partial charge in [0.1, 0.15) is 10.7 Å². The largest absolute Gasteiger partial charge is 0.433 e. The first kappa shape index (κ1) is 11.3. The van der Waals surface area contributed by atoms with E-state index >= 15 is 0 Å². The van der Waals surface area contributed by atoms with E-state index in [2.05, 4.69) is 11.2 Å². The summed E-state index contributed by atoms with van der Waals surface area (Å²) in [5.41, 5.74) is 0. The predicted octanol–water partition coefficient (Wildman–Crippen LogP) is 1.69. The number of nitrogens with one attached hydrogen (secondary N) is 1. The summed E-state index contributed by atoms with van der Waals surface area (Å²) in [7, 11) is 0. The van der Waals surface area contributed by atoms with E-state index in [9.17, 15) is 10.1 Å². The summed E-state index contributed by atoms with van der Waals surface area (Å²) in [6, 6.07) is 2.94. The van der Waals surface area contributed by atoms with Gasteiger partial charge < -0.3 is 9.73 Å². The van der Waals surface area contributed by atoms with Gasteiger partial charge in [0.05, 0.1) is 12.6 Å². The highest BCUT2D eigenvalue weighted by atomic mass is 16.6. The van der Waals surface area contributed by atoms with Gasteiger partial charge >= 0.3 is 5.88 Å². The van der Waals surface area contributed by atoms with Crippen LogP contribution in [0.25, 0.3) is 0 Å². The number of rotatable bonds is 6. The number of terminal acetylenes is 1. The molecule has 0 aliphatic heterocycles. The smallest absolute Gasteiger partial charge is 0.404 e. The molecule has 0 saturated carbocycles. The third-order valence-electron chi connectivity index (χ3n) is 1.80. The summed E-state index contributed by atoms with van der Waals surface area (Å²) in [6.45, 7) is 1.26. The van der Waals surface area contributed by atoms with Crippen LogP contribution in [-0.2, 0) is 6.54 Å². The fourth-order valence-electron chi connectivity index (χ4n) is 1.09. The lowest BCUT2D eigenvalue weighted by Crippen LogP contribution is -2.13. The molecule has 0 radical (unpaired) electrons. The molecule has 0 bridgehead atoms. The van der Waals surface area contributed by atoms with Crippen molar-refractivity contribution in [2.24, 2.45) is 0 Å². The van der Waals surface area contributed by atoms with Gasteiger partial charge in [-0.15, -0.1) is 12.3 Å². The van der Waals surface area contributed by atoms with Crippen molar-refractivity contribution < 1.29 is 9.34 Å². The Balaban J connectivity index is 2.26. The SMILES string of the molecule is C#CCCCNCc1ccc([N+](=O)[O-])o1. The number of nitrogens with zero attached hydrogens (tertiary/aromatic N) is 1. The minimum Gasteiger partial charge on any atom is -0.404 e. The zero-order chi connectivity index (χ0) is 11.1. The molecule has 1 rings (SSSR count). The lowest BCUT2D eigenvalue weighted by Gasteiger charge is -1.99. The molecule has 15 heavy (non-hydrogen) atoms. The highest BCUT2D eigenvalue weighted by molar-refractivity contribution is 5.17. The molecule has 0 aliphatic rings. The Morgan fingerprint density at radius 1 is 1.60 bits per heavy atom. The molecule has 0 aliphatic carbocycles. The van der Waals surface area contributed by atoms with Crippen LogP contribution in [0.15, 0.2) is 16.5 Å². The van der Waals surface area contributed by atoms with E-state index in [1.54, 1.807) is 6.07 Å². The molecule has 1 N–H and O–H groups in total. The lowest BCUT2D eigenvalue weighted by molar-refractivity contribution is -0.402. The lowest BCUT2D eigenvalue weighted by atomic mass is 10.3. The molecule has 0 aromatic carbocycles. The van der Waals surface area contributed by atoms with Gasteiger partial charge in [-0.25, -0.2) is 0 Å². The summed E-state index contributed by atoms with van der Waals surface area (Å²) in [6.07, 6.45) is 6.70. The van der Waals surface area contributed by atoms with E-state index in [0.29, 0.717) is 12.3 Å². The Kier molecular flexibility index (Phi) is 4.38. The molecule has 0 saturated heterocycles. The average molecular weight is 208 g/mol. The van der Waals surface area contributed by atoms with Crippen LogP contribution in [0.5, 0.6) is 0 Å². The maximum atomic E-state index is 10.3. The molecule has 1 aromatic heterocycles. The van der Waals surface area contributed by atoms with Crippen molar-refractivity contribution in [2.45, 2.75) is 19.4 Å². The maximum absolute atomic E-state index is 10.3. The van der Waals surface area contributed by atoms with Crippen LogP contribution in [-0.4, -0.2) is 11.5 Å². The topological polar surface area (TPSA) is 68.3 Å². The van der Waals surface area contributed by atoms with Crippen molar-refractivity contribution in [1.29, 1.82) is 0 Å². The molecule has 0 spiro atoms. The summed E-state index contributed by atoms with van der Waals surface area (Å²) in [5.74, 6) is 2.86. The van der Waals surface area contributed by atoms with E-state index in [4.69, 9.17) is 10.8 Å². The summed E-state index contributed by atoms with van der Waals surface area (Å²) >= 11 is 0. The Bertz CT molecular complexity index is 365. The van der Waals surface area contributed by atoms with Gasteiger partial charge in [0.15, 0.2) is 0 Å². The normalized spacial score (nSPS) is 9.80. The van der Waals surface area contributed by atoms with Crippen LogP contribution in [0.2, 0.25) is 0 Å². The predicted molar refractivity (Wildman–Crippen MR) is 55.1 cm³/mol. The average Bonchev–Trinajstić information content (AvgIpc) is 2.66. The van der Waals surface area contributed by atoms with Gasteiger partial charge in [0, 0.05) is 6.42 Å². The van der Waals surface area contributed by atoms with Crippen LogP contribution in [0.3, 0.4) is 0 Å². The molecule has 0 atom stereocenters. The van der Waals surface area contributed by atoms with Crippen molar-refractivity contribution in [1.82, 2.24) is 5.32 Å². The molecule has 0 amide bonds. The van der Waals surface area contributed by atoms with Crippen molar-refractivity contribution >= 4 is 5.88 Å². The van der Waals surface area contributed by atoms with E-state index in [1.165, 1.54) is 6.07 Å². The summed E-state index contributed by atoms with van der Waals surface area (Å²) in [4.78, 5) is 9.74. The van der Waals surface area contributed by atoms with E-state index < -0.39 is 4.92 Å². The standard InChI is InChI=1S/C10H12N2O3/c1-2-3-4-7-11-8-9-5-6-10(15-9)12(13)14/h1,5-6,11H,3-4,7-8H2. The molecule has 5 heteroatoms. The first-order valence-corrected chi connectivity index (χ1v) is 4.61. The number of unbranched alkanes of at least 4 members (excludes halogenated alkanes) is 1. The van der Waals surface area contributed by atoms with Crippen LogP contribution in [0.1, 0.15) is 18.6 Å². The Hall–Kier alpha value is -1.80. The number of furan rings is 1. The minimum absolute atomic E-state index is 0.226. The highest BCUT2D eigenvalue weighted by Crippen LogP contribution is 2.14. The number of hydrogen-bond donors (Lipinski definition) is 1. The fourth-order valence-corrected chi connectivity index (χ4v) is 1.09. The van der Waals surface area contributed by atoms with E-state index in [1.807, 2.05) is 0 Å². The third-order valence-corrected chi connectivity index (χ3v) is 1.80. The first-order chi connectivity index (χ1) is 7.24. The van der Waals surface area contributed by atoms with Gasteiger partial charge in [0.25, 0.3) is 0 Å². The van der Waals surface area contributed by atoms with Crippen molar-refractivity contribution in [3.63, 3.8) is 0 Å². The number of nitro groups is 1. The van der Waals surface area contributed by atoms with Gasteiger partial charge in [-0.1, -0.05) is 0 Å². The van der Waals surface area contributed by atoms with Crippen LogP contribution >= 0.6 is 0 Å². The van der Waals surface area contributed by atoms with Gasteiger partial charge in [0.2, 0.25) is 0 Å². The Morgan fingerprint density at radius 2 is 2.40 bits per heavy atom. The monoisotopic (exact) mass is 208 g/mol. The highest BCUT2D eigenvalue weighted by Gasteiger charge is 2.10. The Morgan fingerprint density at radius 3 is 3.00 bits per heavy atom. The molecule has 1 heterocycles. The minimum atomic E-state index is -0.554. The zero-order valence-electron chi connectivity index (χ0n) is 8.23. The molecular formula is C10H12N2O3. The number of hydrogen-bond acceptors (Lipinski definition) is 4. The molecular weight excluding hydrogens is 196 g/mol. The quantitative estimate of drug-likeness (QED) is 0.334. The summed E-state index contributed by atoms with van der Waals surface area (Å²) in [5, 5.41) is 13.4. The van der Waals surface area contributed by atoms with Crippen LogP contribution in [0, 0.1) is 22.5 Å². The fraction of sp³-hybridized carbons (Fsp3) is 0.400. The second-order valence-electron chi connectivity index (χ2n) is 2.98. The van der Waals surface area contributed by atoms with Gasteiger partial charge in [-0.05, 0) is 19.0 Å². The molecule has 80 valence electrons. The zero-order valence-corrected chi connectivity index (χ0v) is 8.23. The van der Waals surface area contributed by atoms with Crippen molar-refractivity contribution in [3.05, 3.63) is 28.0 Å². The van der Waals surface area contributed by atoms with Crippen molar-refractivity contribution in [3.8, 4) is 12.3 Å². The Labute approximate surface area is 87.6 Å². The van der Waals surface area contributed by atoms with Crippen LogP contribution in [0.4, 0.5) is 5.88 Å². The second kappa shape index (κ2) is 5.83. The molecule has 5 nitrogen and oxygen atoms in total. The maximum Gasteiger partial charge on any atom is 0.433 e. The van der Waals surface area contributed by atoms with Gasteiger partial charge in [-0.3, -0.25) is 10.1 Å². The van der Waals surface area contributed by atoms with E-state index in [0.717, 1.165) is 19.4 Å². The van der Waals surface area contributed by atoms with E-state index in [-0.39, 0.29) is 5.88 Å². The van der Waals surface area contributed by atoms with Crippen LogP contribution < -0.4 is 5.32 Å². The van der Waals surface area contributed by atoms with Crippen molar-refractivity contribution in [2.75, 3.05) is 6.54 Å². The third kappa shape index (κ3) is 3.83.